The molecule has 0 aromatic carbocycles. The van der Waals surface area contributed by atoms with Gasteiger partial charge in [-0.3, -0.25) is 38.4 Å². The van der Waals surface area contributed by atoms with Gasteiger partial charge in [0.05, 0.1) is 53.9 Å². The number of carbonyl (C=O) groups excluding carboxylic acids is 6. The average Bonchev–Trinajstić information content (AvgIpc) is 3.28. The van der Waals surface area contributed by atoms with E-state index in [2.05, 4.69) is 34.0 Å². The molecule has 0 fully saturated rings. The monoisotopic (exact) mass is 1010 g/mol. The standard InChI is InChI=1S/C27H54N2O8P4.C9H16O4.C7H12O4/c1-3-38-40-20-10-24(30)22-36-18-16-34-14-12-28-26(32)8-6-5-7-9-27(33)29-13-15-35-17-19-37-23-25(31)11-21-41-39-4-2;1-12-8(10)6-4-3-5-7-9(11)13-2;8-6(9)4-2-1-3-5-7(10)11/h38-41H,3-23H2,1-2H3,(H,28,32)(H,29,33);3-7H2,1-2H3;1-5H2,(H,8,9)(H,10,11). The topological polar surface area (TPSA) is 256 Å². The van der Waals surface area contributed by atoms with Crippen molar-refractivity contribution in [3.8, 4) is 0 Å². The van der Waals surface area contributed by atoms with Crippen molar-refractivity contribution >= 4 is 80.3 Å². The number of methoxy groups -OCH3 is 2. The molecule has 0 saturated heterocycles. The Bertz CT molecular complexity index is 1150. The van der Waals surface area contributed by atoms with Gasteiger partial charge in [-0.05, 0) is 63.2 Å². The van der Waals surface area contributed by atoms with Gasteiger partial charge in [-0.1, -0.05) is 66.2 Å². The quantitative estimate of drug-likeness (QED) is 0.0304. The zero-order valence-corrected chi connectivity index (χ0v) is 43.5. The molecule has 0 saturated carbocycles. The first-order chi connectivity index (χ1) is 31.3. The van der Waals surface area contributed by atoms with E-state index in [-0.39, 0.29) is 61.4 Å². The lowest BCUT2D eigenvalue weighted by Gasteiger charge is -2.08. The normalized spacial score (nSPS) is 11.1. The van der Waals surface area contributed by atoms with Crippen molar-refractivity contribution in [1.82, 2.24) is 10.6 Å². The van der Waals surface area contributed by atoms with Gasteiger partial charge < -0.3 is 49.3 Å². The molecule has 0 aliphatic rings. The summed E-state index contributed by atoms with van der Waals surface area (Å²) in [6.07, 6.45) is 14.0. The van der Waals surface area contributed by atoms with Gasteiger partial charge >= 0.3 is 23.9 Å². The summed E-state index contributed by atoms with van der Waals surface area (Å²) < 4.78 is 30.4. The summed E-state index contributed by atoms with van der Waals surface area (Å²) in [6, 6.07) is 0. The molecule has 0 aliphatic carbocycles. The number of ketones is 2. The number of amides is 2. The minimum atomic E-state index is -0.819. The van der Waals surface area contributed by atoms with Crippen LogP contribution in [0.25, 0.3) is 0 Å². The maximum absolute atomic E-state index is 11.9. The highest BCUT2D eigenvalue weighted by atomic mass is 32.0. The van der Waals surface area contributed by atoms with Gasteiger partial charge in [-0.25, -0.2) is 0 Å². The molecule has 65 heavy (non-hydrogen) atoms. The van der Waals surface area contributed by atoms with Crippen LogP contribution in [-0.4, -0.2) is 162 Å². The smallest absolute Gasteiger partial charge is 0.305 e. The molecule has 4 unspecified atom stereocenters. The van der Waals surface area contributed by atoms with Crippen LogP contribution in [0, 0.1) is 0 Å². The molecule has 380 valence electrons. The Morgan fingerprint density at radius 2 is 0.754 bits per heavy atom. The molecule has 4 N–H and O–H groups in total. The van der Waals surface area contributed by atoms with Gasteiger partial charge in [-0.2, -0.15) is 0 Å². The number of carboxylic acids is 2. The van der Waals surface area contributed by atoms with Crippen LogP contribution in [0.3, 0.4) is 0 Å². The summed E-state index contributed by atoms with van der Waals surface area (Å²) in [5.74, 6) is -1.79. The van der Waals surface area contributed by atoms with Crippen molar-refractivity contribution in [3.05, 3.63) is 0 Å². The number of unbranched alkanes of at least 4 members (excludes halogenated alkanes) is 6. The van der Waals surface area contributed by atoms with Crippen LogP contribution in [0.5, 0.6) is 0 Å². The molecule has 0 spiro atoms. The largest absolute Gasteiger partial charge is 0.481 e. The number of rotatable bonds is 44. The van der Waals surface area contributed by atoms with E-state index in [1.165, 1.54) is 26.5 Å². The van der Waals surface area contributed by atoms with Crippen molar-refractivity contribution in [2.24, 2.45) is 0 Å². The fraction of sp³-hybridized carbons (Fsp3) is 0.814. The van der Waals surface area contributed by atoms with E-state index in [1.807, 2.05) is 0 Å². The van der Waals surface area contributed by atoms with Gasteiger partial charge in [0, 0.05) is 64.5 Å². The maximum atomic E-state index is 11.9. The number of nitrogens with one attached hydrogen (secondary N) is 2. The predicted octanol–water partition coefficient (Wildman–Crippen LogP) is 6.13. The molecular formula is C43H82N2O16P4. The van der Waals surface area contributed by atoms with Crippen molar-refractivity contribution < 1.29 is 77.0 Å². The van der Waals surface area contributed by atoms with Crippen molar-refractivity contribution in [1.29, 1.82) is 0 Å². The number of esters is 2. The third-order valence-electron chi connectivity index (χ3n) is 8.37. The third-order valence-corrected chi connectivity index (χ3v) is 15.7. The molecule has 0 radical (unpaired) electrons. The number of carboxylic acid groups (broad SMARTS) is 2. The highest BCUT2D eigenvalue weighted by Crippen LogP contribution is 2.36. The highest BCUT2D eigenvalue weighted by molar-refractivity contribution is 8.12. The fourth-order valence-corrected chi connectivity index (χ4v) is 9.86. The van der Waals surface area contributed by atoms with E-state index in [0.717, 1.165) is 83.9 Å². The fourth-order valence-electron chi connectivity index (χ4n) is 4.89. The van der Waals surface area contributed by atoms with Crippen molar-refractivity contribution in [2.45, 2.75) is 123 Å². The lowest BCUT2D eigenvalue weighted by Crippen LogP contribution is -2.28. The summed E-state index contributed by atoms with van der Waals surface area (Å²) in [4.78, 5) is 88.4. The van der Waals surface area contributed by atoms with Crippen LogP contribution in [0.15, 0.2) is 0 Å². The lowest BCUT2D eigenvalue weighted by molar-refractivity contribution is -0.141. The van der Waals surface area contributed by atoms with Gasteiger partial charge in [0.15, 0.2) is 11.6 Å². The Labute approximate surface area is 394 Å². The van der Waals surface area contributed by atoms with Crippen LogP contribution in [-0.2, 0) is 66.8 Å². The average molecular weight is 1010 g/mol. The molecule has 0 bridgehead atoms. The Kier molecular flexibility index (Phi) is 56.0. The van der Waals surface area contributed by atoms with Crippen molar-refractivity contribution in [2.75, 3.05) is 105 Å². The Morgan fingerprint density at radius 1 is 0.415 bits per heavy atom. The number of carbonyl (C=O) groups is 8. The van der Waals surface area contributed by atoms with E-state index in [1.54, 1.807) is 0 Å². The predicted molar refractivity (Wildman–Crippen MR) is 261 cm³/mol. The van der Waals surface area contributed by atoms with E-state index in [4.69, 9.17) is 29.2 Å². The first-order valence-corrected chi connectivity index (χ1v) is 29.5. The second kappa shape index (κ2) is 54.3. The highest BCUT2D eigenvalue weighted by Gasteiger charge is 2.06. The van der Waals surface area contributed by atoms with Crippen molar-refractivity contribution in [3.63, 3.8) is 0 Å². The van der Waals surface area contributed by atoms with Gasteiger partial charge in [0.2, 0.25) is 11.8 Å². The van der Waals surface area contributed by atoms with E-state index < -0.39 is 11.9 Å². The zero-order valence-electron chi connectivity index (χ0n) is 39.5. The van der Waals surface area contributed by atoms with Crippen LogP contribution < -0.4 is 10.6 Å². The first kappa shape index (κ1) is 67.0. The number of hydrogen-bond donors (Lipinski definition) is 4. The molecular weight excluding hydrogens is 924 g/mol. The Hall–Kier alpha value is -2.28. The van der Waals surface area contributed by atoms with Gasteiger partial charge in [0.1, 0.15) is 13.2 Å². The molecule has 0 aliphatic heterocycles. The minimum Gasteiger partial charge on any atom is -0.481 e. The lowest BCUT2D eigenvalue weighted by atomic mass is 10.1. The summed E-state index contributed by atoms with van der Waals surface area (Å²) in [7, 11) is 6.46. The minimum absolute atomic E-state index is 0.0256. The second-order valence-corrected chi connectivity index (χ2v) is 22.2. The SMILES string of the molecule is CCPPCCC(=O)COCCOCCNC(=O)CCCCCC(=O)NCCOCCOCC(=O)CCPPCC.COC(=O)CCCCCC(=O)OC.O=C(O)CCCCCC(=O)O. The third kappa shape index (κ3) is 61.7. The summed E-state index contributed by atoms with van der Waals surface area (Å²) in [5, 5.41) is 22.1. The van der Waals surface area contributed by atoms with E-state index in [0.29, 0.717) is 111 Å². The van der Waals surface area contributed by atoms with E-state index in [9.17, 15) is 38.4 Å². The van der Waals surface area contributed by atoms with Crippen LogP contribution in [0.1, 0.15) is 123 Å². The number of hydrogen-bond acceptors (Lipinski definition) is 14. The van der Waals surface area contributed by atoms with Crippen LogP contribution >= 0.6 is 33.1 Å². The first-order valence-electron chi connectivity index (χ1n) is 22.7. The van der Waals surface area contributed by atoms with Crippen LogP contribution in [0.4, 0.5) is 0 Å². The molecule has 4 atom stereocenters. The van der Waals surface area contributed by atoms with Gasteiger partial charge in [0.25, 0.3) is 0 Å². The van der Waals surface area contributed by atoms with Crippen LogP contribution in [0.2, 0.25) is 0 Å². The van der Waals surface area contributed by atoms with E-state index >= 15 is 0 Å². The second-order valence-electron chi connectivity index (χ2n) is 14.1. The Morgan fingerprint density at radius 3 is 1.09 bits per heavy atom. The molecule has 0 rings (SSSR count). The summed E-state index contributed by atoms with van der Waals surface area (Å²) in [6.45, 7) is 7.83. The number of aliphatic carboxylic acids is 2. The Balaban J connectivity index is -0.00000129. The maximum Gasteiger partial charge on any atom is 0.305 e. The molecule has 0 aromatic heterocycles. The molecule has 0 aromatic rings. The zero-order chi connectivity index (χ0) is 49.0. The molecule has 18 nitrogen and oxygen atoms in total. The summed E-state index contributed by atoms with van der Waals surface area (Å²) >= 11 is 0. The summed E-state index contributed by atoms with van der Waals surface area (Å²) in [5.41, 5.74) is 0. The molecule has 0 heterocycles. The molecule has 2 amide bonds. The number of Topliss-reactive ketones (excluding diaryl/α,β-unsaturated/α-hetero) is 2. The molecule has 22 heteroatoms. The number of ether oxygens (including phenoxy) is 6. The van der Waals surface area contributed by atoms with Gasteiger partial charge in [-0.15, -0.1) is 0 Å².